The molecule has 0 aliphatic heterocycles. The number of hydrogen-bond acceptors (Lipinski definition) is 5. The lowest BCUT2D eigenvalue weighted by atomic mass is 10.1. The van der Waals surface area contributed by atoms with Gasteiger partial charge in [0.1, 0.15) is 5.82 Å². The first-order chi connectivity index (χ1) is 11.6. The van der Waals surface area contributed by atoms with Gasteiger partial charge >= 0.3 is 0 Å². The van der Waals surface area contributed by atoms with Crippen molar-refractivity contribution in [1.29, 1.82) is 0 Å². The van der Waals surface area contributed by atoms with E-state index in [-0.39, 0.29) is 0 Å². The first-order valence-corrected chi connectivity index (χ1v) is 9.78. The van der Waals surface area contributed by atoms with Crippen molar-refractivity contribution in [3.8, 4) is 0 Å². The predicted octanol–water partition coefficient (Wildman–Crippen LogP) is 2.69. The Labute approximate surface area is 150 Å². The third kappa shape index (κ3) is 6.11. The number of halogens is 1. The summed E-state index contributed by atoms with van der Waals surface area (Å²) in [5.74, 6) is 0.462. The number of hydrogen-bond donors (Lipinski definition) is 3. The predicted molar refractivity (Wildman–Crippen MR) is 102 cm³/mol. The van der Waals surface area contributed by atoms with Gasteiger partial charge in [0.15, 0.2) is 0 Å². The van der Waals surface area contributed by atoms with E-state index in [1.165, 1.54) is 11.8 Å². The van der Waals surface area contributed by atoms with Crippen molar-refractivity contribution in [3.63, 3.8) is 0 Å². The highest BCUT2D eigenvalue weighted by molar-refractivity contribution is 7.84. The second kappa shape index (κ2) is 9.61. The Balaban J connectivity index is 1.60. The fraction of sp³-hybridized carbons (Fsp3) is 0.353. The molecule has 4 N–H and O–H groups in total. The first kappa shape index (κ1) is 18.7. The van der Waals surface area contributed by atoms with E-state index in [0.29, 0.717) is 10.8 Å². The van der Waals surface area contributed by atoms with E-state index in [4.69, 9.17) is 17.3 Å². The first-order valence-electron chi connectivity index (χ1n) is 7.84. The summed E-state index contributed by atoms with van der Waals surface area (Å²) in [6.45, 7) is 2.63. The minimum atomic E-state index is -0.912. The Morgan fingerprint density at radius 3 is 2.67 bits per heavy atom. The number of anilines is 2. The Morgan fingerprint density at radius 2 is 1.96 bits per heavy atom. The summed E-state index contributed by atoms with van der Waals surface area (Å²) >= 11 is 5.90. The SMILES string of the molecule is CS(=O)c1ccc(CCNCCCNc2cc(Cl)cnc2N)cc1. The van der Waals surface area contributed by atoms with E-state index in [1.807, 2.05) is 24.3 Å². The fourth-order valence-electron chi connectivity index (χ4n) is 2.23. The highest BCUT2D eigenvalue weighted by Crippen LogP contribution is 2.19. The quantitative estimate of drug-likeness (QED) is 0.594. The highest BCUT2D eigenvalue weighted by atomic mass is 35.5. The summed E-state index contributed by atoms with van der Waals surface area (Å²) < 4.78 is 11.3. The van der Waals surface area contributed by atoms with Gasteiger partial charge in [0, 0.05) is 34.7 Å². The molecule has 0 saturated carbocycles. The number of benzene rings is 1. The zero-order valence-electron chi connectivity index (χ0n) is 13.7. The summed E-state index contributed by atoms with van der Waals surface area (Å²) in [6, 6.07) is 9.71. The number of nitrogens with one attached hydrogen (secondary N) is 2. The van der Waals surface area contributed by atoms with E-state index in [9.17, 15) is 4.21 Å². The molecule has 130 valence electrons. The van der Waals surface area contributed by atoms with Crippen LogP contribution >= 0.6 is 11.6 Å². The minimum Gasteiger partial charge on any atom is -0.382 e. The van der Waals surface area contributed by atoms with E-state index in [2.05, 4.69) is 15.6 Å². The number of aromatic nitrogens is 1. The molecule has 0 amide bonds. The normalized spacial score (nSPS) is 12.1. The van der Waals surface area contributed by atoms with Gasteiger partial charge in [0.05, 0.1) is 10.7 Å². The lowest BCUT2D eigenvalue weighted by Crippen LogP contribution is -2.20. The van der Waals surface area contributed by atoms with Crippen LogP contribution in [0.3, 0.4) is 0 Å². The molecule has 0 fully saturated rings. The number of nitrogens with two attached hydrogens (primary N) is 1. The van der Waals surface area contributed by atoms with Crippen LogP contribution < -0.4 is 16.4 Å². The van der Waals surface area contributed by atoms with Gasteiger partial charge in [-0.25, -0.2) is 4.98 Å². The van der Waals surface area contributed by atoms with Gasteiger partial charge in [0.25, 0.3) is 0 Å². The van der Waals surface area contributed by atoms with Crippen LogP contribution in [0.15, 0.2) is 41.4 Å². The second-order valence-electron chi connectivity index (χ2n) is 5.46. The Hall–Kier alpha value is -1.63. The van der Waals surface area contributed by atoms with Crippen LogP contribution in [-0.2, 0) is 17.2 Å². The van der Waals surface area contributed by atoms with Gasteiger partial charge < -0.3 is 16.4 Å². The van der Waals surface area contributed by atoms with Crippen LogP contribution in [0.1, 0.15) is 12.0 Å². The third-order valence-corrected chi connectivity index (χ3v) is 4.72. The van der Waals surface area contributed by atoms with Crippen LogP contribution in [0.4, 0.5) is 11.5 Å². The zero-order chi connectivity index (χ0) is 17.4. The molecule has 0 saturated heterocycles. The number of nitrogens with zero attached hydrogens (tertiary/aromatic N) is 1. The molecule has 0 radical (unpaired) electrons. The molecule has 0 aliphatic rings. The van der Waals surface area contributed by atoms with Gasteiger partial charge in [-0.2, -0.15) is 0 Å². The average Bonchev–Trinajstić information content (AvgIpc) is 2.57. The van der Waals surface area contributed by atoms with Crippen LogP contribution in [0, 0.1) is 0 Å². The molecule has 0 bridgehead atoms. The van der Waals surface area contributed by atoms with E-state index < -0.39 is 10.8 Å². The molecular formula is C17H23ClN4OS. The van der Waals surface area contributed by atoms with Crippen molar-refractivity contribution in [2.75, 3.05) is 36.9 Å². The molecule has 1 unspecified atom stereocenters. The molecule has 2 rings (SSSR count). The molecule has 0 aliphatic carbocycles. The van der Waals surface area contributed by atoms with E-state index in [0.717, 1.165) is 43.1 Å². The van der Waals surface area contributed by atoms with Crippen molar-refractivity contribution in [1.82, 2.24) is 10.3 Å². The summed E-state index contributed by atoms with van der Waals surface area (Å²) in [6.07, 6.45) is 5.15. The van der Waals surface area contributed by atoms with Crippen LogP contribution in [0.2, 0.25) is 5.02 Å². The topological polar surface area (TPSA) is 80.0 Å². The van der Waals surface area contributed by atoms with E-state index in [1.54, 1.807) is 12.3 Å². The Kier molecular flexibility index (Phi) is 7.49. The van der Waals surface area contributed by atoms with Crippen molar-refractivity contribution in [2.45, 2.75) is 17.7 Å². The second-order valence-corrected chi connectivity index (χ2v) is 7.28. The number of rotatable bonds is 9. The molecule has 2 aromatic rings. The van der Waals surface area contributed by atoms with E-state index >= 15 is 0 Å². The lowest BCUT2D eigenvalue weighted by molar-refractivity contribution is 0.660. The molecule has 1 atom stereocenters. The maximum Gasteiger partial charge on any atom is 0.146 e. The molecule has 1 heterocycles. The molecule has 7 heteroatoms. The van der Waals surface area contributed by atoms with Crippen molar-refractivity contribution in [3.05, 3.63) is 47.1 Å². The molecule has 5 nitrogen and oxygen atoms in total. The molecule has 1 aromatic heterocycles. The van der Waals surface area contributed by atoms with Gasteiger partial charge in [-0.3, -0.25) is 4.21 Å². The van der Waals surface area contributed by atoms with Crippen molar-refractivity contribution >= 4 is 33.9 Å². The zero-order valence-corrected chi connectivity index (χ0v) is 15.3. The largest absolute Gasteiger partial charge is 0.382 e. The standard InChI is InChI=1S/C17H23ClN4OS/c1-24(23)15-5-3-13(4-6-15)7-10-20-8-2-9-21-16-11-14(18)12-22-17(16)19/h3-6,11-12,20-21H,2,7-10H2,1H3,(H2,19,22). The summed E-state index contributed by atoms with van der Waals surface area (Å²) in [7, 11) is -0.912. The Bertz CT molecular complexity index is 679. The van der Waals surface area contributed by atoms with Crippen LogP contribution in [0.25, 0.3) is 0 Å². The summed E-state index contributed by atoms with van der Waals surface area (Å²) in [5.41, 5.74) is 7.80. The van der Waals surface area contributed by atoms with Gasteiger partial charge in [0.2, 0.25) is 0 Å². The monoisotopic (exact) mass is 366 g/mol. The molecule has 24 heavy (non-hydrogen) atoms. The van der Waals surface area contributed by atoms with Gasteiger partial charge in [-0.05, 0) is 49.7 Å². The maximum atomic E-state index is 11.3. The van der Waals surface area contributed by atoms with Crippen molar-refractivity contribution < 1.29 is 4.21 Å². The van der Waals surface area contributed by atoms with Crippen LogP contribution in [-0.4, -0.2) is 35.1 Å². The van der Waals surface area contributed by atoms with Crippen LogP contribution in [0.5, 0.6) is 0 Å². The number of nitrogen functional groups attached to an aromatic ring is 1. The third-order valence-electron chi connectivity index (χ3n) is 3.58. The average molecular weight is 367 g/mol. The number of pyridine rings is 1. The fourth-order valence-corrected chi connectivity index (χ4v) is 2.91. The smallest absolute Gasteiger partial charge is 0.146 e. The maximum absolute atomic E-state index is 11.3. The molecular weight excluding hydrogens is 344 g/mol. The van der Waals surface area contributed by atoms with Gasteiger partial charge in [-0.15, -0.1) is 0 Å². The van der Waals surface area contributed by atoms with Gasteiger partial charge in [-0.1, -0.05) is 23.7 Å². The lowest BCUT2D eigenvalue weighted by Gasteiger charge is -2.09. The Morgan fingerprint density at radius 1 is 1.21 bits per heavy atom. The summed E-state index contributed by atoms with van der Waals surface area (Å²) in [4.78, 5) is 4.87. The highest BCUT2D eigenvalue weighted by Gasteiger charge is 2.01. The molecule has 0 spiro atoms. The van der Waals surface area contributed by atoms with Crippen molar-refractivity contribution in [2.24, 2.45) is 0 Å². The minimum absolute atomic E-state index is 0.462. The molecule has 1 aromatic carbocycles. The summed E-state index contributed by atoms with van der Waals surface area (Å²) in [5, 5.41) is 7.22.